The largest absolute Gasteiger partial charge is 0.497 e. The molecule has 3 aromatic rings. The minimum absolute atomic E-state index is 0.0425. The van der Waals surface area contributed by atoms with Crippen LogP contribution in [0.15, 0.2) is 39.4 Å². The molecule has 0 saturated carbocycles. The zero-order valence-corrected chi connectivity index (χ0v) is 16.3. The van der Waals surface area contributed by atoms with Crippen molar-refractivity contribution in [3.05, 3.63) is 53.1 Å². The summed E-state index contributed by atoms with van der Waals surface area (Å²) in [4.78, 5) is 15.0. The fourth-order valence-corrected chi connectivity index (χ4v) is 3.85. The molecule has 2 aromatic heterocycles. The average Bonchev–Trinajstić information content (AvgIpc) is 3.46. The Bertz CT molecular complexity index is 991. The minimum Gasteiger partial charge on any atom is -0.497 e. The molecule has 4 rings (SSSR count). The number of carbonyl (C=O) groups is 1. The number of methoxy groups -OCH3 is 1. The van der Waals surface area contributed by atoms with Crippen LogP contribution < -0.4 is 4.74 Å². The molecule has 0 bridgehead atoms. The van der Waals surface area contributed by atoms with Crippen LogP contribution in [0.4, 0.5) is 0 Å². The monoisotopic (exact) mass is 381 g/mol. The van der Waals surface area contributed by atoms with Crippen molar-refractivity contribution in [1.82, 2.24) is 15.2 Å². The second kappa shape index (κ2) is 7.50. The lowest BCUT2D eigenvalue weighted by atomic mass is 10.0. The van der Waals surface area contributed by atoms with Crippen molar-refractivity contribution in [2.45, 2.75) is 39.2 Å². The number of likely N-dealkylation sites (tertiary alicyclic amines) is 1. The van der Waals surface area contributed by atoms with Crippen molar-refractivity contribution < 1.29 is 18.6 Å². The van der Waals surface area contributed by atoms with Gasteiger partial charge in [-0.3, -0.25) is 4.79 Å². The van der Waals surface area contributed by atoms with E-state index >= 15 is 0 Å². The van der Waals surface area contributed by atoms with Crippen LogP contribution in [0, 0.1) is 6.92 Å². The topological polar surface area (TPSA) is 81.6 Å². The molecular weight excluding hydrogens is 358 g/mol. The molecule has 146 valence electrons. The van der Waals surface area contributed by atoms with Gasteiger partial charge in [0.05, 0.1) is 18.8 Å². The van der Waals surface area contributed by atoms with E-state index in [2.05, 4.69) is 10.3 Å². The highest BCUT2D eigenvalue weighted by Gasteiger charge is 2.36. The van der Waals surface area contributed by atoms with Gasteiger partial charge in [0.25, 0.3) is 5.91 Å². The molecule has 1 saturated heterocycles. The molecule has 0 N–H and O–H groups in total. The van der Waals surface area contributed by atoms with Gasteiger partial charge < -0.3 is 18.7 Å². The van der Waals surface area contributed by atoms with E-state index in [1.54, 1.807) is 13.2 Å². The lowest BCUT2D eigenvalue weighted by Crippen LogP contribution is -2.30. The Kier molecular flexibility index (Phi) is 4.90. The van der Waals surface area contributed by atoms with Gasteiger partial charge in [-0.2, -0.15) is 0 Å². The zero-order valence-electron chi connectivity index (χ0n) is 16.3. The van der Waals surface area contributed by atoms with E-state index in [-0.39, 0.29) is 17.7 Å². The standard InChI is InChI=1S/C21H23N3O4/c1-4-18-20(13(2)22-27-18)17-9-6-10-24(17)21(25)19-12-16(23-28-19)14-7-5-8-15(11-14)26-3/h5,7-8,11-12,17H,4,6,9-10H2,1-3H3. The molecule has 1 aliphatic rings. The van der Waals surface area contributed by atoms with Gasteiger partial charge in [0.1, 0.15) is 17.2 Å². The number of aromatic nitrogens is 2. The number of benzene rings is 1. The SMILES string of the molecule is CCc1onc(C)c1C1CCCN1C(=O)c1cc(-c2cccc(OC)c2)no1. The first-order chi connectivity index (χ1) is 13.6. The molecule has 1 aromatic carbocycles. The number of nitrogens with zero attached hydrogens (tertiary/aromatic N) is 3. The van der Waals surface area contributed by atoms with Crippen LogP contribution in [0.5, 0.6) is 5.75 Å². The van der Waals surface area contributed by atoms with E-state index in [0.29, 0.717) is 12.2 Å². The van der Waals surface area contributed by atoms with E-state index in [9.17, 15) is 4.79 Å². The number of carbonyl (C=O) groups excluding carboxylic acids is 1. The Balaban J connectivity index is 1.60. The van der Waals surface area contributed by atoms with Gasteiger partial charge in [0.2, 0.25) is 5.76 Å². The highest BCUT2D eigenvalue weighted by molar-refractivity contribution is 5.93. The van der Waals surface area contributed by atoms with Crippen molar-refractivity contribution in [1.29, 1.82) is 0 Å². The third-order valence-corrected chi connectivity index (χ3v) is 5.24. The molecule has 1 atom stereocenters. The van der Waals surface area contributed by atoms with Crippen molar-refractivity contribution in [2.24, 2.45) is 0 Å². The van der Waals surface area contributed by atoms with Crippen molar-refractivity contribution in [3.8, 4) is 17.0 Å². The van der Waals surface area contributed by atoms with Crippen molar-refractivity contribution in [3.63, 3.8) is 0 Å². The zero-order chi connectivity index (χ0) is 19.7. The molecule has 3 heterocycles. The van der Waals surface area contributed by atoms with E-state index in [0.717, 1.165) is 47.6 Å². The fraction of sp³-hybridized carbons (Fsp3) is 0.381. The van der Waals surface area contributed by atoms with Crippen LogP contribution in [0.2, 0.25) is 0 Å². The Hall–Kier alpha value is -3.09. The van der Waals surface area contributed by atoms with E-state index in [4.69, 9.17) is 13.8 Å². The third-order valence-electron chi connectivity index (χ3n) is 5.24. The first-order valence-corrected chi connectivity index (χ1v) is 9.49. The summed E-state index contributed by atoms with van der Waals surface area (Å²) < 4.78 is 16.1. The van der Waals surface area contributed by atoms with Gasteiger partial charge in [-0.15, -0.1) is 0 Å². The molecular formula is C21H23N3O4. The maximum Gasteiger partial charge on any atom is 0.293 e. The summed E-state index contributed by atoms with van der Waals surface area (Å²) in [6, 6.07) is 9.14. The number of ether oxygens (including phenoxy) is 1. The van der Waals surface area contributed by atoms with Crippen LogP contribution in [0.3, 0.4) is 0 Å². The Morgan fingerprint density at radius 1 is 1.29 bits per heavy atom. The van der Waals surface area contributed by atoms with Crippen LogP contribution in [0.1, 0.15) is 53.4 Å². The van der Waals surface area contributed by atoms with Crippen molar-refractivity contribution >= 4 is 5.91 Å². The maximum absolute atomic E-state index is 13.1. The van der Waals surface area contributed by atoms with Gasteiger partial charge in [-0.05, 0) is 31.9 Å². The first-order valence-electron chi connectivity index (χ1n) is 9.49. The highest BCUT2D eigenvalue weighted by atomic mass is 16.5. The molecule has 7 heteroatoms. The quantitative estimate of drug-likeness (QED) is 0.659. The Morgan fingerprint density at radius 3 is 2.93 bits per heavy atom. The minimum atomic E-state index is -0.160. The predicted molar refractivity (Wildman–Crippen MR) is 102 cm³/mol. The van der Waals surface area contributed by atoms with Crippen molar-refractivity contribution in [2.75, 3.05) is 13.7 Å². The average molecular weight is 381 g/mol. The lowest BCUT2D eigenvalue weighted by molar-refractivity contribution is 0.0692. The van der Waals surface area contributed by atoms with E-state index in [1.807, 2.05) is 43.0 Å². The maximum atomic E-state index is 13.1. The van der Waals surface area contributed by atoms with E-state index < -0.39 is 0 Å². The third kappa shape index (κ3) is 3.17. The molecule has 28 heavy (non-hydrogen) atoms. The van der Waals surface area contributed by atoms with Gasteiger partial charge in [0, 0.05) is 30.2 Å². The van der Waals surface area contributed by atoms with Crippen LogP contribution in [-0.4, -0.2) is 34.8 Å². The van der Waals surface area contributed by atoms with Gasteiger partial charge in [-0.1, -0.05) is 29.4 Å². The molecule has 7 nitrogen and oxygen atoms in total. The molecule has 1 amide bonds. The second-order valence-corrected chi connectivity index (χ2v) is 6.92. The number of rotatable bonds is 5. The molecule has 0 radical (unpaired) electrons. The summed E-state index contributed by atoms with van der Waals surface area (Å²) in [6.07, 6.45) is 2.57. The number of amides is 1. The summed E-state index contributed by atoms with van der Waals surface area (Å²) in [5.41, 5.74) is 3.31. The van der Waals surface area contributed by atoms with Crippen LogP contribution in [0.25, 0.3) is 11.3 Å². The summed E-state index contributed by atoms with van der Waals surface area (Å²) in [5.74, 6) is 1.64. The number of hydrogen-bond acceptors (Lipinski definition) is 6. The smallest absolute Gasteiger partial charge is 0.293 e. The summed E-state index contributed by atoms with van der Waals surface area (Å²) >= 11 is 0. The Morgan fingerprint density at radius 2 is 2.14 bits per heavy atom. The molecule has 1 fully saturated rings. The van der Waals surface area contributed by atoms with Gasteiger partial charge in [0.15, 0.2) is 0 Å². The summed E-state index contributed by atoms with van der Waals surface area (Å²) in [7, 11) is 1.61. The van der Waals surface area contributed by atoms with E-state index in [1.165, 1.54) is 0 Å². The number of hydrogen-bond donors (Lipinski definition) is 0. The lowest BCUT2D eigenvalue weighted by Gasteiger charge is -2.23. The fourth-order valence-electron chi connectivity index (χ4n) is 3.85. The summed E-state index contributed by atoms with van der Waals surface area (Å²) in [5, 5.41) is 8.18. The first kappa shape index (κ1) is 18.3. The normalized spacial score (nSPS) is 16.5. The second-order valence-electron chi connectivity index (χ2n) is 6.92. The molecule has 1 aliphatic heterocycles. The van der Waals surface area contributed by atoms with Gasteiger partial charge in [-0.25, -0.2) is 0 Å². The summed E-state index contributed by atoms with van der Waals surface area (Å²) in [6.45, 7) is 4.63. The number of aryl methyl sites for hydroxylation is 2. The Labute approximate surface area is 163 Å². The predicted octanol–water partition coefficient (Wildman–Crippen LogP) is 4.19. The molecule has 1 unspecified atom stereocenters. The van der Waals surface area contributed by atoms with Gasteiger partial charge >= 0.3 is 0 Å². The van der Waals surface area contributed by atoms with Crippen LogP contribution in [-0.2, 0) is 6.42 Å². The molecule has 0 spiro atoms. The highest BCUT2D eigenvalue weighted by Crippen LogP contribution is 2.37. The molecule has 0 aliphatic carbocycles. The van der Waals surface area contributed by atoms with Crippen LogP contribution >= 0.6 is 0 Å².